The summed E-state index contributed by atoms with van der Waals surface area (Å²) in [7, 11) is 1.63. The van der Waals surface area contributed by atoms with Crippen molar-refractivity contribution in [1.29, 1.82) is 5.26 Å². The number of nitrogens with one attached hydrogen (secondary N) is 1. The number of benzene rings is 1. The zero-order valence-electron chi connectivity index (χ0n) is 17.0. The smallest absolute Gasteiger partial charge is 0.244 e. The van der Waals surface area contributed by atoms with Gasteiger partial charge in [-0.1, -0.05) is 19.9 Å². The van der Waals surface area contributed by atoms with Crippen LogP contribution in [0.4, 0.5) is 0 Å². The fourth-order valence-electron chi connectivity index (χ4n) is 4.19. The van der Waals surface area contributed by atoms with Crippen LogP contribution in [0.25, 0.3) is 0 Å². The summed E-state index contributed by atoms with van der Waals surface area (Å²) < 4.78 is 17.4. The number of fused-ring (bicyclic) bond motifs is 1. The Labute approximate surface area is 170 Å². The number of nitriles is 1. The first-order valence-electron chi connectivity index (χ1n) is 10.0. The van der Waals surface area contributed by atoms with Crippen LogP contribution in [0.2, 0.25) is 0 Å². The van der Waals surface area contributed by atoms with Crippen LogP contribution >= 0.6 is 0 Å². The van der Waals surface area contributed by atoms with Crippen LogP contribution in [0.15, 0.2) is 29.7 Å². The monoisotopic (exact) mass is 394 g/mol. The van der Waals surface area contributed by atoms with Crippen LogP contribution in [0.3, 0.4) is 0 Å². The van der Waals surface area contributed by atoms with Gasteiger partial charge < -0.3 is 19.9 Å². The predicted molar refractivity (Wildman–Crippen MR) is 108 cm³/mol. The Morgan fingerprint density at radius 2 is 2.03 bits per heavy atom. The Kier molecular flexibility index (Phi) is 5.10. The number of aromatic amines is 1. The van der Waals surface area contributed by atoms with Crippen molar-refractivity contribution in [2.24, 2.45) is 5.73 Å². The van der Waals surface area contributed by atoms with E-state index in [1.807, 2.05) is 18.2 Å². The molecule has 0 radical (unpaired) electrons. The Morgan fingerprint density at radius 1 is 1.28 bits per heavy atom. The van der Waals surface area contributed by atoms with Gasteiger partial charge in [0.15, 0.2) is 11.5 Å². The highest BCUT2D eigenvalue weighted by molar-refractivity contribution is 5.58. The van der Waals surface area contributed by atoms with Crippen molar-refractivity contribution < 1.29 is 14.2 Å². The van der Waals surface area contributed by atoms with E-state index in [-0.39, 0.29) is 23.8 Å². The average Bonchev–Trinajstić information content (AvgIpc) is 3.37. The van der Waals surface area contributed by atoms with E-state index >= 15 is 0 Å². The van der Waals surface area contributed by atoms with E-state index in [9.17, 15) is 5.26 Å². The summed E-state index contributed by atoms with van der Waals surface area (Å²) in [4.78, 5) is 0. The normalized spacial score (nSPS) is 19.1. The number of nitrogens with zero attached hydrogens (tertiary/aromatic N) is 2. The molecule has 1 saturated carbocycles. The zero-order chi connectivity index (χ0) is 20.5. The fraction of sp³-hybridized carbons (Fsp3) is 0.455. The number of hydrogen-bond donors (Lipinski definition) is 2. The predicted octanol–water partition coefficient (Wildman–Crippen LogP) is 4.08. The maximum atomic E-state index is 9.80. The molecule has 0 amide bonds. The molecular weight excluding hydrogens is 368 g/mol. The molecule has 29 heavy (non-hydrogen) atoms. The molecule has 1 fully saturated rings. The van der Waals surface area contributed by atoms with Crippen LogP contribution in [0.5, 0.6) is 17.4 Å². The molecule has 1 aromatic heterocycles. The van der Waals surface area contributed by atoms with Gasteiger partial charge in [-0.05, 0) is 49.3 Å². The molecule has 3 N–H and O–H groups in total. The van der Waals surface area contributed by atoms with Crippen LogP contribution in [-0.2, 0) is 0 Å². The maximum absolute atomic E-state index is 9.80. The minimum absolute atomic E-state index is 0.0806. The zero-order valence-corrected chi connectivity index (χ0v) is 17.0. The molecule has 1 aliphatic carbocycles. The third-order valence-corrected chi connectivity index (χ3v) is 5.66. The van der Waals surface area contributed by atoms with E-state index in [1.165, 1.54) is 12.8 Å². The molecule has 152 valence electrons. The summed E-state index contributed by atoms with van der Waals surface area (Å²) >= 11 is 0. The first-order valence-corrected chi connectivity index (χ1v) is 10.0. The summed E-state index contributed by atoms with van der Waals surface area (Å²) in [6.45, 7) is 4.13. The quantitative estimate of drug-likeness (QED) is 0.791. The van der Waals surface area contributed by atoms with Crippen LogP contribution in [0, 0.1) is 11.3 Å². The van der Waals surface area contributed by atoms with Crippen LogP contribution in [0.1, 0.15) is 68.2 Å². The molecule has 4 rings (SSSR count). The minimum Gasteiger partial charge on any atom is -0.493 e. The van der Waals surface area contributed by atoms with Gasteiger partial charge in [0.25, 0.3) is 0 Å². The Hall–Kier alpha value is -3.14. The van der Waals surface area contributed by atoms with E-state index in [2.05, 4.69) is 30.1 Å². The number of aromatic nitrogens is 2. The molecule has 2 heterocycles. The van der Waals surface area contributed by atoms with Crippen molar-refractivity contribution in [2.45, 2.75) is 57.5 Å². The lowest BCUT2D eigenvalue weighted by atomic mass is 9.82. The standard InChI is InChI=1S/C22H26N4O3/c1-12(2)20-19-18(15(11-23)21(24)29-22(19)26-25-20)13-8-9-16(17(10-13)27-3)28-14-6-4-5-7-14/h8-10,12,14,18H,4-7,24H2,1-3H3,(H,25,26)/t18-/m1/s1. The van der Waals surface area contributed by atoms with E-state index in [0.717, 1.165) is 35.4 Å². The number of rotatable bonds is 5. The number of ether oxygens (including phenoxy) is 3. The van der Waals surface area contributed by atoms with Crippen LogP contribution in [-0.4, -0.2) is 23.4 Å². The molecular formula is C22H26N4O3. The van der Waals surface area contributed by atoms with Gasteiger partial charge in [-0.25, -0.2) is 0 Å². The lowest BCUT2D eigenvalue weighted by Gasteiger charge is -2.25. The number of nitrogens with two attached hydrogens (primary N) is 1. The van der Waals surface area contributed by atoms with Gasteiger partial charge in [-0.15, -0.1) is 5.10 Å². The Balaban J connectivity index is 1.78. The summed E-state index contributed by atoms with van der Waals surface area (Å²) in [5.41, 5.74) is 9.07. The lowest BCUT2D eigenvalue weighted by molar-refractivity contribution is 0.200. The second kappa shape index (κ2) is 7.70. The second-order valence-electron chi connectivity index (χ2n) is 7.87. The van der Waals surface area contributed by atoms with Gasteiger partial charge >= 0.3 is 0 Å². The van der Waals surface area contributed by atoms with Gasteiger partial charge in [0.05, 0.1) is 24.7 Å². The summed E-state index contributed by atoms with van der Waals surface area (Å²) in [5, 5.41) is 17.1. The van der Waals surface area contributed by atoms with Crippen molar-refractivity contribution in [3.8, 4) is 23.4 Å². The highest BCUT2D eigenvalue weighted by Crippen LogP contribution is 2.46. The number of methoxy groups -OCH3 is 1. The van der Waals surface area contributed by atoms with Crippen molar-refractivity contribution in [1.82, 2.24) is 10.2 Å². The van der Waals surface area contributed by atoms with Crippen LogP contribution < -0.4 is 19.9 Å². The number of allylic oxidation sites excluding steroid dienone is 1. The maximum Gasteiger partial charge on any atom is 0.244 e. The summed E-state index contributed by atoms with van der Waals surface area (Å²) in [6, 6.07) is 8.03. The first-order chi connectivity index (χ1) is 14.0. The molecule has 1 aliphatic heterocycles. The Morgan fingerprint density at radius 3 is 2.69 bits per heavy atom. The number of hydrogen-bond acceptors (Lipinski definition) is 6. The van der Waals surface area contributed by atoms with Crippen molar-refractivity contribution >= 4 is 0 Å². The summed E-state index contributed by atoms with van der Waals surface area (Å²) in [6.07, 6.45) is 4.77. The molecule has 0 bridgehead atoms. The molecule has 0 unspecified atom stereocenters. The van der Waals surface area contributed by atoms with Crippen molar-refractivity contribution in [3.63, 3.8) is 0 Å². The minimum atomic E-state index is -0.380. The summed E-state index contributed by atoms with van der Waals surface area (Å²) in [5.74, 6) is 1.67. The molecule has 0 spiro atoms. The molecule has 1 atom stereocenters. The van der Waals surface area contributed by atoms with Gasteiger partial charge in [0, 0.05) is 5.69 Å². The second-order valence-corrected chi connectivity index (χ2v) is 7.87. The van der Waals surface area contributed by atoms with Gasteiger partial charge in [-0.2, -0.15) is 5.26 Å². The molecule has 0 saturated heterocycles. The first kappa shape index (κ1) is 19.2. The largest absolute Gasteiger partial charge is 0.493 e. The third kappa shape index (κ3) is 3.39. The van der Waals surface area contributed by atoms with E-state index in [1.54, 1.807) is 7.11 Å². The van der Waals surface area contributed by atoms with Gasteiger partial charge in [0.1, 0.15) is 11.6 Å². The molecule has 2 aliphatic rings. The molecule has 7 heteroatoms. The lowest BCUT2D eigenvalue weighted by Crippen LogP contribution is -2.21. The molecule has 7 nitrogen and oxygen atoms in total. The van der Waals surface area contributed by atoms with E-state index in [0.29, 0.717) is 17.2 Å². The fourth-order valence-corrected chi connectivity index (χ4v) is 4.19. The highest BCUT2D eigenvalue weighted by atomic mass is 16.5. The molecule has 1 aromatic carbocycles. The molecule has 2 aromatic rings. The van der Waals surface area contributed by atoms with E-state index < -0.39 is 0 Å². The SMILES string of the molecule is COc1cc([C@@H]2C(C#N)=C(N)Oc3n[nH]c(C(C)C)c32)ccc1OC1CCCC1. The topological polar surface area (TPSA) is 106 Å². The highest BCUT2D eigenvalue weighted by Gasteiger charge is 2.36. The third-order valence-electron chi connectivity index (χ3n) is 5.66. The van der Waals surface area contributed by atoms with Gasteiger partial charge in [0.2, 0.25) is 11.8 Å². The van der Waals surface area contributed by atoms with Gasteiger partial charge in [-0.3, -0.25) is 5.10 Å². The Bertz CT molecular complexity index is 980. The van der Waals surface area contributed by atoms with Crippen molar-refractivity contribution in [3.05, 3.63) is 46.5 Å². The van der Waals surface area contributed by atoms with Crippen molar-refractivity contribution in [2.75, 3.05) is 7.11 Å². The average molecular weight is 394 g/mol. The van der Waals surface area contributed by atoms with E-state index in [4.69, 9.17) is 19.9 Å². The number of H-pyrrole nitrogens is 1.